The second-order valence-electron chi connectivity index (χ2n) is 6.44. The summed E-state index contributed by atoms with van der Waals surface area (Å²) < 4.78 is 16.2. The summed E-state index contributed by atoms with van der Waals surface area (Å²) in [5.74, 6) is -0.748. The van der Waals surface area contributed by atoms with Crippen LogP contribution in [0.5, 0.6) is 5.75 Å². The molecule has 7 nitrogen and oxygen atoms in total. The molecule has 1 aromatic carbocycles. The fraction of sp³-hybridized carbons (Fsp3) is 0.227. The van der Waals surface area contributed by atoms with Gasteiger partial charge in [0.05, 0.1) is 23.6 Å². The molecule has 1 aromatic heterocycles. The lowest BCUT2D eigenvalue weighted by atomic mass is 9.83. The van der Waals surface area contributed by atoms with Crippen molar-refractivity contribution in [3.63, 3.8) is 0 Å². The van der Waals surface area contributed by atoms with Gasteiger partial charge in [0.1, 0.15) is 34.9 Å². The number of fused-ring (bicyclic) bond motifs is 1. The van der Waals surface area contributed by atoms with Crippen LogP contribution in [0.25, 0.3) is 10.9 Å². The Kier molecular flexibility index (Phi) is 6.28. The molecule has 30 heavy (non-hydrogen) atoms. The SMILES string of the molecule is C=CCOC(=O)C1=C(C)OC(N)=C(C#N)C1c1cc2cc(OCC)ccc2nc1Cl. The molecule has 0 saturated carbocycles. The number of nitriles is 1. The average molecular weight is 426 g/mol. The third-order valence-electron chi connectivity index (χ3n) is 4.55. The van der Waals surface area contributed by atoms with Crippen molar-refractivity contribution < 1.29 is 19.0 Å². The van der Waals surface area contributed by atoms with Gasteiger partial charge in [-0.3, -0.25) is 0 Å². The molecular formula is C22H20ClN3O4. The molecule has 0 bridgehead atoms. The largest absolute Gasteiger partial charge is 0.494 e. The van der Waals surface area contributed by atoms with Crippen molar-refractivity contribution in [1.82, 2.24) is 4.98 Å². The third kappa shape index (κ3) is 3.95. The number of aromatic nitrogens is 1. The third-order valence-corrected chi connectivity index (χ3v) is 4.85. The number of hydrogen-bond acceptors (Lipinski definition) is 7. The van der Waals surface area contributed by atoms with Crippen molar-refractivity contribution in [3.8, 4) is 11.8 Å². The van der Waals surface area contributed by atoms with Gasteiger partial charge >= 0.3 is 5.97 Å². The zero-order chi connectivity index (χ0) is 21.8. The molecule has 2 aromatic rings. The number of rotatable bonds is 6. The molecule has 1 unspecified atom stereocenters. The zero-order valence-corrected chi connectivity index (χ0v) is 17.3. The Morgan fingerprint density at radius 1 is 1.47 bits per heavy atom. The van der Waals surface area contributed by atoms with Crippen molar-refractivity contribution in [1.29, 1.82) is 5.26 Å². The molecule has 0 aliphatic carbocycles. The minimum Gasteiger partial charge on any atom is -0.494 e. The molecule has 154 valence electrons. The molecule has 1 atom stereocenters. The van der Waals surface area contributed by atoms with Crippen molar-refractivity contribution in [2.75, 3.05) is 13.2 Å². The first-order valence-electron chi connectivity index (χ1n) is 9.20. The van der Waals surface area contributed by atoms with Crippen LogP contribution in [0, 0.1) is 11.3 Å². The van der Waals surface area contributed by atoms with Gasteiger partial charge in [-0.05, 0) is 38.1 Å². The van der Waals surface area contributed by atoms with Gasteiger partial charge in [-0.1, -0.05) is 24.3 Å². The van der Waals surface area contributed by atoms with Crippen LogP contribution in [0.15, 0.2) is 59.7 Å². The number of ether oxygens (including phenoxy) is 3. The van der Waals surface area contributed by atoms with E-state index in [1.807, 2.05) is 19.1 Å². The minimum absolute atomic E-state index is 0.00480. The topological polar surface area (TPSA) is 107 Å². The van der Waals surface area contributed by atoms with Crippen LogP contribution in [0.2, 0.25) is 5.15 Å². The van der Waals surface area contributed by atoms with E-state index < -0.39 is 11.9 Å². The van der Waals surface area contributed by atoms with Crippen LogP contribution in [0.1, 0.15) is 25.3 Å². The summed E-state index contributed by atoms with van der Waals surface area (Å²) >= 11 is 6.48. The van der Waals surface area contributed by atoms with Crippen molar-refractivity contribution in [2.45, 2.75) is 19.8 Å². The summed E-state index contributed by atoms with van der Waals surface area (Å²) in [6, 6.07) is 9.19. The molecule has 0 amide bonds. The maximum Gasteiger partial charge on any atom is 0.338 e. The molecular weight excluding hydrogens is 406 g/mol. The van der Waals surface area contributed by atoms with Gasteiger partial charge in [-0.25, -0.2) is 9.78 Å². The van der Waals surface area contributed by atoms with E-state index in [0.717, 1.165) is 5.39 Å². The number of allylic oxidation sites excluding steroid dienone is 2. The van der Waals surface area contributed by atoms with Crippen LogP contribution in [-0.4, -0.2) is 24.2 Å². The first kappa shape index (κ1) is 21.2. The normalized spacial score (nSPS) is 16.1. The van der Waals surface area contributed by atoms with Crippen LogP contribution in [0.4, 0.5) is 0 Å². The number of carbonyl (C=O) groups is 1. The Bertz CT molecular complexity index is 1130. The van der Waals surface area contributed by atoms with Crippen molar-refractivity contribution in [2.24, 2.45) is 5.73 Å². The average Bonchev–Trinajstić information content (AvgIpc) is 2.71. The lowest BCUT2D eigenvalue weighted by molar-refractivity contribution is -0.138. The minimum atomic E-state index is -0.888. The Balaban J connectivity index is 2.21. The summed E-state index contributed by atoms with van der Waals surface area (Å²) in [7, 11) is 0. The highest BCUT2D eigenvalue weighted by Gasteiger charge is 2.37. The monoisotopic (exact) mass is 425 g/mol. The summed E-state index contributed by atoms with van der Waals surface area (Å²) in [6.45, 7) is 7.52. The molecule has 2 N–H and O–H groups in total. The molecule has 3 rings (SSSR count). The first-order valence-corrected chi connectivity index (χ1v) is 9.58. The molecule has 8 heteroatoms. The number of nitrogens with two attached hydrogens (primary N) is 1. The van der Waals surface area contributed by atoms with Crippen molar-refractivity contribution in [3.05, 3.63) is 70.4 Å². The molecule has 2 heterocycles. The smallest absolute Gasteiger partial charge is 0.338 e. The van der Waals surface area contributed by atoms with Crippen LogP contribution in [-0.2, 0) is 14.3 Å². The highest BCUT2D eigenvalue weighted by Crippen LogP contribution is 2.42. The zero-order valence-electron chi connectivity index (χ0n) is 16.6. The van der Waals surface area contributed by atoms with E-state index in [0.29, 0.717) is 23.4 Å². The standard InChI is InChI=1S/C22H20ClN3O4/c1-4-8-29-22(27)18-12(3)30-21(25)16(11-24)19(18)15-10-13-9-14(28-5-2)6-7-17(13)26-20(15)23/h4,6-7,9-10,19H,1,5,8,25H2,2-3H3. The van der Waals surface area contributed by atoms with E-state index in [1.165, 1.54) is 6.08 Å². The van der Waals surface area contributed by atoms with E-state index in [1.54, 1.807) is 25.1 Å². The number of carbonyl (C=O) groups excluding carboxylic acids is 1. The maximum absolute atomic E-state index is 12.8. The van der Waals surface area contributed by atoms with Gasteiger partial charge in [0.15, 0.2) is 0 Å². The summed E-state index contributed by atoms with van der Waals surface area (Å²) in [6.07, 6.45) is 1.45. The van der Waals surface area contributed by atoms with Gasteiger partial charge in [0.25, 0.3) is 0 Å². The number of halogens is 1. The lowest BCUT2D eigenvalue weighted by Crippen LogP contribution is -2.26. The fourth-order valence-corrected chi connectivity index (χ4v) is 3.53. The van der Waals surface area contributed by atoms with Gasteiger partial charge < -0.3 is 19.9 Å². The van der Waals surface area contributed by atoms with Gasteiger partial charge in [-0.2, -0.15) is 5.26 Å². The molecule has 0 fully saturated rings. The molecule has 0 spiro atoms. The van der Waals surface area contributed by atoms with E-state index in [-0.39, 0.29) is 34.5 Å². The van der Waals surface area contributed by atoms with Crippen LogP contribution in [0.3, 0.4) is 0 Å². The summed E-state index contributed by atoms with van der Waals surface area (Å²) in [5, 5.41) is 10.6. The van der Waals surface area contributed by atoms with Gasteiger partial charge in [0.2, 0.25) is 5.88 Å². The number of esters is 1. The summed E-state index contributed by atoms with van der Waals surface area (Å²) in [5.41, 5.74) is 7.21. The van der Waals surface area contributed by atoms with Gasteiger partial charge in [-0.15, -0.1) is 0 Å². The Morgan fingerprint density at radius 3 is 2.90 bits per heavy atom. The molecule has 1 aliphatic heterocycles. The molecule has 0 saturated heterocycles. The number of hydrogen-bond donors (Lipinski definition) is 1. The van der Waals surface area contributed by atoms with Crippen LogP contribution < -0.4 is 10.5 Å². The number of pyridine rings is 1. The summed E-state index contributed by atoms with van der Waals surface area (Å²) in [4.78, 5) is 17.2. The Hall–Kier alpha value is -3.50. The molecule has 0 radical (unpaired) electrons. The number of benzene rings is 1. The van der Waals surface area contributed by atoms with E-state index in [2.05, 4.69) is 11.6 Å². The quantitative estimate of drug-likeness (QED) is 0.421. The van der Waals surface area contributed by atoms with Crippen LogP contribution >= 0.6 is 11.6 Å². The predicted molar refractivity (Wildman–Crippen MR) is 112 cm³/mol. The first-order chi connectivity index (χ1) is 14.4. The predicted octanol–water partition coefficient (Wildman–Crippen LogP) is 4.10. The van der Waals surface area contributed by atoms with Crippen molar-refractivity contribution >= 4 is 28.5 Å². The Labute approximate surface area is 179 Å². The molecule has 1 aliphatic rings. The highest BCUT2D eigenvalue weighted by atomic mass is 35.5. The van der Waals surface area contributed by atoms with E-state index >= 15 is 0 Å². The van der Waals surface area contributed by atoms with E-state index in [9.17, 15) is 10.1 Å². The lowest BCUT2D eigenvalue weighted by Gasteiger charge is -2.27. The highest BCUT2D eigenvalue weighted by molar-refractivity contribution is 6.30. The number of nitrogens with zero attached hydrogens (tertiary/aromatic N) is 2. The second-order valence-corrected chi connectivity index (χ2v) is 6.80. The van der Waals surface area contributed by atoms with Gasteiger partial charge in [0, 0.05) is 10.9 Å². The van der Waals surface area contributed by atoms with E-state index in [4.69, 9.17) is 31.5 Å². The fourth-order valence-electron chi connectivity index (χ4n) is 3.28. The Morgan fingerprint density at radius 2 is 2.23 bits per heavy atom. The second kappa shape index (κ2) is 8.89. The maximum atomic E-state index is 12.8.